The number of halogens is 2. The highest BCUT2D eigenvalue weighted by Crippen LogP contribution is 2.37. The maximum absolute atomic E-state index is 15.1. The summed E-state index contributed by atoms with van der Waals surface area (Å²) in [5.74, 6) is -0.566. The minimum Gasteiger partial charge on any atom is -0.487 e. The number of carbonyl (C=O) groups excluding carboxylic acids is 2. The van der Waals surface area contributed by atoms with Crippen molar-refractivity contribution in [2.75, 3.05) is 26.7 Å². The highest BCUT2D eigenvalue weighted by Gasteiger charge is 2.26. The minimum absolute atomic E-state index is 0.00954. The molecule has 1 fully saturated rings. The lowest BCUT2D eigenvalue weighted by atomic mass is 9.99. The lowest BCUT2D eigenvalue weighted by Gasteiger charge is -2.32. The van der Waals surface area contributed by atoms with E-state index in [-0.39, 0.29) is 36.1 Å². The quantitative estimate of drug-likeness (QED) is 0.421. The first kappa shape index (κ1) is 23.8. The second kappa shape index (κ2) is 9.62. The van der Waals surface area contributed by atoms with Gasteiger partial charge in [0.1, 0.15) is 30.4 Å². The molecule has 2 amide bonds. The Morgan fingerprint density at radius 3 is 2.75 bits per heavy atom. The topological polar surface area (TPSA) is 78.5 Å². The summed E-state index contributed by atoms with van der Waals surface area (Å²) in [6, 6.07) is 15.3. The number of fused-ring (bicyclic) bond motifs is 1. The zero-order chi connectivity index (χ0) is 25.4. The number of hydrogen-bond donors (Lipinski definition) is 1. The van der Waals surface area contributed by atoms with E-state index in [2.05, 4.69) is 10.2 Å². The summed E-state index contributed by atoms with van der Waals surface area (Å²) >= 11 is 6.41. The largest absolute Gasteiger partial charge is 0.487 e. The minimum atomic E-state index is -0.518. The number of carbonyl (C=O) groups is 2. The number of piperazine rings is 1. The fourth-order valence-corrected chi connectivity index (χ4v) is 4.40. The number of nitrogens with zero attached hydrogens (tertiary/aromatic N) is 3. The van der Waals surface area contributed by atoms with Crippen molar-refractivity contribution in [1.82, 2.24) is 20.0 Å². The summed E-state index contributed by atoms with van der Waals surface area (Å²) in [5, 5.41) is 8.70. The Bertz CT molecular complexity index is 1490. The number of ether oxygens (including phenoxy) is 1. The van der Waals surface area contributed by atoms with Crippen molar-refractivity contribution in [1.29, 1.82) is 0 Å². The molecule has 1 saturated heterocycles. The third-order valence-electron chi connectivity index (χ3n) is 6.42. The van der Waals surface area contributed by atoms with E-state index in [1.807, 2.05) is 31.2 Å². The number of aromatic nitrogens is 2. The van der Waals surface area contributed by atoms with Gasteiger partial charge in [0, 0.05) is 47.2 Å². The molecular weight excluding hydrogens is 483 g/mol. The van der Waals surface area contributed by atoms with E-state index in [1.54, 1.807) is 24.1 Å². The first-order valence-corrected chi connectivity index (χ1v) is 11.9. The number of hydrogen-bond acceptors (Lipinski definition) is 4. The molecule has 1 N–H and O–H groups in total. The molecule has 3 aromatic carbocycles. The highest BCUT2D eigenvalue weighted by molar-refractivity contribution is 6.31. The SMILES string of the molecule is Cc1cc(OCc2n[nH]c3ccccc23)c(-c2cc(C(=O)N3CCN(C)C(=O)C3)ccc2F)cc1Cl. The number of rotatable bonds is 5. The zero-order valence-corrected chi connectivity index (χ0v) is 20.6. The van der Waals surface area contributed by atoms with Gasteiger partial charge in [0.15, 0.2) is 0 Å². The van der Waals surface area contributed by atoms with Crippen molar-refractivity contribution in [3.8, 4) is 16.9 Å². The van der Waals surface area contributed by atoms with E-state index < -0.39 is 5.82 Å². The normalized spacial score (nSPS) is 13.9. The molecule has 36 heavy (non-hydrogen) atoms. The van der Waals surface area contributed by atoms with Crippen molar-refractivity contribution in [3.05, 3.63) is 82.3 Å². The Labute approximate surface area is 212 Å². The molecule has 0 saturated carbocycles. The van der Waals surface area contributed by atoms with E-state index in [9.17, 15) is 9.59 Å². The number of likely N-dealkylation sites (N-methyl/N-ethyl adjacent to an activating group) is 1. The number of benzene rings is 3. The second-order valence-electron chi connectivity index (χ2n) is 8.84. The lowest BCUT2D eigenvalue weighted by molar-refractivity contribution is -0.133. The molecule has 184 valence electrons. The number of H-pyrrole nitrogens is 1. The van der Waals surface area contributed by atoms with Crippen LogP contribution in [0, 0.1) is 12.7 Å². The summed E-state index contributed by atoms with van der Waals surface area (Å²) in [5.41, 5.74) is 3.27. The van der Waals surface area contributed by atoms with E-state index in [0.29, 0.717) is 35.1 Å². The standard InChI is InChI=1S/C27H24ClFN4O3/c1-16-11-25(36-15-24-18-5-3-4-6-23(18)30-31-24)20(13-21(16)28)19-12-17(7-8-22(19)29)27(35)33-10-9-32(2)26(34)14-33/h3-8,11-13H,9-10,14-15H2,1-2H3,(H,30,31). The van der Waals surface area contributed by atoms with Crippen LogP contribution in [-0.4, -0.2) is 58.5 Å². The Morgan fingerprint density at radius 2 is 1.94 bits per heavy atom. The monoisotopic (exact) mass is 506 g/mol. The van der Waals surface area contributed by atoms with Crippen LogP contribution in [0.2, 0.25) is 5.02 Å². The maximum atomic E-state index is 15.1. The van der Waals surface area contributed by atoms with Crippen molar-refractivity contribution in [2.24, 2.45) is 0 Å². The van der Waals surface area contributed by atoms with E-state index in [0.717, 1.165) is 16.5 Å². The predicted octanol–water partition coefficient (Wildman–Crippen LogP) is 4.82. The third kappa shape index (κ3) is 4.52. The molecule has 0 atom stereocenters. The molecule has 1 aliphatic heterocycles. The Balaban J connectivity index is 1.48. The van der Waals surface area contributed by atoms with Crippen molar-refractivity contribution in [3.63, 3.8) is 0 Å². The number of aryl methyl sites for hydroxylation is 1. The van der Waals surface area contributed by atoms with Gasteiger partial charge in [-0.25, -0.2) is 4.39 Å². The Hall–Kier alpha value is -3.91. The average Bonchev–Trinajstić information content (AvgIpc) is 3.29. The summed E-state index contributed by atoms with van der Waals surface area (Å²) < 4.78 is 21.2. The third-order valence-corrected chi connectivity index (χ3v) is 6.83. The predicted molar refractivity (Wildman–Crippen MR) is 136 cm³/mol. The molecule has 4 aromatic rings. The van der Waals surface area contributed by atoms with Crippen LogP contribution in [0.3, 0.4) is 0 Å². The van der Waals surface area contributed by atoms with Gasteiger partial charge in [-0.3, -0.25) is 14.7 Å². The number of nitrogens with one attached hydrogen (secondary N) is 1. The first-order valence-electron chi connectivity index (χ1n) is 11.5. The van der Waals surface area contributed by atoms with Crippen LogP contribution < -0.4 is 4.74 Å². The molecular formula is C27H24ClFN4O3. The van der Waals surface area contributed by atoms with Crippen LogP contribution in [0.1, 0.15) is 21.6 Å². The molecule has 7 nitrogen and oxygen atoms in total. The van der Waals surface area contributed by atoms with Gasteiger partial charge in [-0.2, -0.15) is 5.10 Å². The van der Waals surface area contributed by atoms with Gasteiger partial charge in [-0.05, 0) is 48.9 Å². The van der Waals surface area contributed by atoms with E-state index in [4.69, 9.17) is 16.3 Å². The fourth-order valence-electron chi connectivity index (χ4n) is 4.24. The lowest BCUT2D eigenvalue weighted by Crippen LogP contribution is -2.50. The molecule has 0 unspecified atom stereocenters. The Kier molecular flexibility index (Phi) is 6.36. The summed E-state index contributed by atoms with van der Waals surface area (Å²) in [7, 11) is 1.70. The molecule has 0 bridgehead atoms. The zero-order valence-electron chi connectivity index (χ0n) is 19.8. The van der Waals surface area contributed by atoms with Crippen LogP contribution >= 0.6 is 11.6 Å². The smallest absolute Gasteiger partial charge is 0.254 e. The van der Waals surface area contributed by atoms with Crippen LogP contribution in [0.4, 0.5) is 4.39 Å². The van der Waals surface area contributed by atoms with Gasteiger partial charge in [-0.1, -0.05) is 29.8 Å². The van der Waals surface area contributed by atoms with Gasteiger partial charge in [0.05, 0.1) is 5.52 Å². The van der Waals surface area contributed by atoms with Crippen molar-refractivity contribution < 1.29 is 18.7 Å². The molecule has 2 heterocycles. The number of para-hydroxylation sites is 1. The number of amides is 2. The van der Waals surface area contributed by atoms with Crippen LogP contribution in [-0.2, 0) is 11.4 Å². The van der Waals surface area contributed by atoms with Crippen LogP contribution in [0.5, 0.6) is 5.75 Å². The fraction of sp³-hybridized carbons (Fsp3) is 0.222. The molecule has 1 aromatic heterocycles. The first-order chi connectivity index (χ1) is 17.3. The van der Waals surface area contributed by atoms with Crippen molar-refractivity contribution in [2.45, 2.75) is 13.5 Å². The second-order valence-corrected chi connectivity index (χ2v) is 9.25. The molecule has 1 aliphatic rings. The van der Waals surface area contributed by atoms with Gasteiger partial charge >= 0.3 is 0 Å². The number of aromatic amines is 1. The molecule has 0 aliphatic carbocycles. The molecule has 9 heteroatoms. The van der Waals surface area contributed by atoms with Crippen molar-refractivity contribution >= 4 is 34.3 Å². The summed E-state index contributed by atoms with van der Waals surface area (Å²) in [6.07, 6.45) is 0. The maximum Gasteiger partial charge on any atom is 0.254 e. The molecule has 0 radical (unpaired) electrons. The van der Waals surface area contributed by atoms with Crippen LogP contribution in [0.25, 0.3) is 22.0 Å². The van der Waals surface area contributed by atoms with Gasteiger partial charge in [0.25, 0.3) is 5.91 Å². The Morgan fingerprint density at radius 1 is 1.14 bits per heavy atom. The highest BCUT2D eigenvalue weighted by atomic mass is 35.5. The van der Waals surface area contributed by atoms with E-state index in [1.165, 1.54) is 23.1 Å². The summed E-state index contributed by atoms with van der Waals surface area (Å²) in [4.78, 5) is 28.3. The van der Waals surface area contributed by atoms with E-state index >= 15 is 4.39 Å². The van der Waals surface area contributed by atoms with Gasteiger partial charge in [0.2, 0.25) is 5.91 Å². The van der Waals surface area contributed by atoms with Gasteiger partial charge < -0.3 is 14.5 Å². The molecule has 0 spiro atoms. The average molecular weight is 507 g/mol. The van der Waals surface area contributed by atoms with Gasteiger partial charge in [-0.15, -0.1) is 0 Å². The molecule has 5 rings (SSSR count). The van der Waals surface area contributed by atoms with Crippen LogP contribution in [0.15, 0.2) is 54.6 Å². The summed E-state index contributed by atoms with van der Waals surface area (Å²) in [6.45, 7) is 2.85.